The molecule has 0 saturated carbocycles. The van der Waals surface area contributed by atoms with Gasteiger partial charge in [-0.15, -0.1) is 0 Å². The smallest absolute Gasteiger partial charge is 0.0266 e. The molecule has 2 heteroatoms. The van der Waals surface area contributed by atoms with Crippen LogP contribution in [0.5, 0.6) is 0 Å². The maximum atomic E-state index is 3.57. The highest BCUT2D eigenvalue weighted by Crippen LogP contribution is 1.92. The lowest BCUT2D eigenvalue weighted by atomic mass is 10.2. The average Bonchev–Trinajstić information content (AvgIpc) is 1.99. The molecule has 0 saturated heterocycles. The summed E-state index contributed by atoms with van der Waals surface area (Å²) in [6.45, 7) is 9.99. The molecule has 0 amide bonds. The van der Waals surface area contributed by atoms with Crippen molar-refractivity contribution in [2.45, 2.75) is 32.7 Å². The van der Waals surface area contributed by atoms with Gasteiger partial charge in [0, 0.05) is 19.1 Å². The highest BCUT2D eigenvalue weighted by atomic mass is 14.9. The Kier molecular flexibility index (Phi) is 7.26. The van der Waals surface area contributed by atoms with Gasteiger partial charge in [0.15, 0.2) is 0 Å². The molecule has 0 fully saturated rings. The topological polar surface area (TPSA) is 24.1 Å². The number of nitrogens with one attached hydrogen (secondary N) is 2. The summed E-state index contributed by atoms with van der Waals surface area (Å²) in [5, 5.41) is 6.46. The highest BCUT2D eigenvalue weighted by molar-refractivity contribution is 4.65. The first kappa shape index (κ1) is 10.5. The van der Waals surface area contributed by atoms with Gasteiger partial charge in [-0.3, -0.25) is 0 Å². The van der Waals surface area contributed by atoms with E-state index in [0.29, 0.717) is 6.04 Å². The van der Waals surface area contributed by atoms with Crippen molar-refractivity contribution in [1.29, 1.82) is 0 Å². The van der Waals surface area contributed by atoms with Gasteiger partial charge in [-0.05, 0) is 19.5 Å². The largest absolute Gasteiger partial charge is 0.390 e. The Balaban J connectivity index is 3.03. The van der Waals surface area contributed by atoms with Crippen LogP contribution in [0, 0.1) is 0 Å². The third-order valence-electron chi connectivity index (χ3n) is 1.63. The summed E-state index contributed by atoms with van der Waals surface area (Å²) in [6, 6.07) is 0.645. The molecule has 1 atom stereocenters. The van der Waals surface area contributed by atoms with Crippen LogP contribution in [0.1, 0.15) is 26.7 Å². The third kappa shape index (κ3) is 7.40. The zero-order valence-corrected chi connectivity index (χ0v) is 7.69. The van der Waals surface area contributed by atoms with E-state index in [1.54, 1.807) is 6.20 Å². The van der Waals surface area contributed by atoms with Crippen molar-refractivity contribution in [2.24, 2.45) is 0 Å². The average molecular weight is 156 g/mol. The van der Waals surface area contributed by atoms with Crippen LogP contribution in [0.3, 0.4) is 0 Å². The number of hydrogen-bond acceptors (Lipinski definition) is 2. The van der Waals surface area contributed by atoms with Gasteiger partial charge >= 0.3 is 0 Å². The summed E-state index contributed by atoms with van der Waals surface area (Å²) < 4.78 is 0. The van der Waals surface area contributed by atoms with Crippen molar-refractivity contribution in [1.82, 2.24) is 10.6 Å². The molecule has 0 aliphatic carbocycles. The summed E-state index contributed by atoms with van der Waals surface area (Å²) >= 11 is 0. The molecule has 0 unspecified atom stereocenters. The van der Waals surface area contributed by atoms with Crippen molar-refractivity contribution < 1.29 is 0 Å². The van der Waals surface area contributed by atoms with Gasteiger partial charge in [0.1, 0.15) is 0 Å². The quantitative estimate of drug-likeness (QED) is 0.546. The van der Waals surface area contributed by atoms with Crippen LogP contribution in [0.2, 0.25) is 0 Å². The second-order valence-corrected chi connectivity index (χ2v) is 2.80. The molecule has 0 radical (unpaired) electrons. The third-order valence-corrected chi connectivity index (χ3v) is 1.63. The van der Waals surface area contributed by atoms with Crippen LogP contribution in [0.25, 0.3) is 0 Å². The van der Waals surface area contributed by atoms with E-state index in [9.17, 15) is 0 Å². The fourth-order valence-corrected chi connectivity index (χ4v) is 1.03. The monoisotopic (exact) mass is 156 g/mol. The highest BCUT2D eigenvalue weighted by Gasteiger charge is 1.96. The summed E-state index contributed by atoms with van der Waals surface area (Å²) in [5.74, 6) is 0. The van der Waals surface area contributed by atoms with Crippen LogP contribution in [0.15, 0.2) is 12.8 Å². The van der Waals surface area contributed by atoms with Crippen molar-refractivity contribution in [3.8, 4) is 0 Å². The molecule has 0 aliphatic rings. The molecule has 0 bridgehead atoms. The summed E-state index contributed by atoms with van der Waals surface area (Å²) in [6.07, 6.45) is 4.24. The van der Waals surface area contributed by atoms with E-state index in [1.165, 1.54) is 12.8 Å². The lowest BCUT2D eigenvalue weighted by molar-refractivity contribution is 0.508. The molecule has 2 N–H and O–H groups in total. The van der Waals surface area contributed by atoms with Crippen LogP contribution in [-0.2, 0) is 0 Å². The van der Waals surface area contributed by atoms with Gasteiger partial charge in [-0.25, -0.2) is 0 Å². The van der Waals surface area contributed by atoms with E-state index in [-0.39, 0.29) is 0 Å². The van der Waals surface area contributed by atoms with Crippen LogP contribution in [-0.4, -0.2) is 19.1 Å². The second kappa shape index (κ2) is 7.61. The minimum Gasteiger partial charge on any atom is -0.390 e. The van der Waals surface area contributed by atoms with Gasteiger partial charge in [0.2, 0.25) is 0 Å². The summed E-state index contributed by atoms with van der Waals surface area (Å²) in [5.41, 5.74) is 0. The molecule has 0 heterocycles. The van der Waals surface area contributed by atoms with Crippen molar-refractivity contribution in [3.05, 3.63) is 12.8 Å². The van der Waals surface area contributed by atoms with E-state index in [0.717, 1.165) is 13.1 Å². The fourth-order valence-electron chi connectivity index (χ4n) is 1.03. The Bertz CT molecular complexity index is 91.6. The minimum absolute atomic E-state index is 0.645. The normalized spacial score (nSPS) is 12.5. The Morgan fingerprint density at radius 3 is 2.73 bits per heavy atom. The van der Waals surface area contributed by atoms with Gasteiger partial charge in [-0.1, -0.05) is 19.9 Å². The molecule has 11 heavy (non-hydrogen) atoms. The number of rotatable bonds is 7. The first-order valence-corrected chi connectivity index (χ1v) is 4.39. The SMILES string of the molecule is C=CNCCN[C@@H](C)CCC. The van der Waals surface area contributed by atoms with Crippen LogP contribution >= 0.6 is 0 Å². The molecule has 0 aromatic carbocycles. The van der Waals surface area contributed by atoms with Gasteiger partial charge in [-0.2, -0.15) is 0 Å². The van der Waals surface area contributed by atoms with Crippen LogP contribution < -0.4 is 10.6 Å². The summed E-state index contributed by atoms with van der Waals surface area (Å²) in [7, 11) is 0. The van der Waals surface area contributed by atoms with Crippen molar-refractivity contribution in [3.63, 3.8) is 0 Å². The van der Waals surface area contributed by atoms with E-state index in [2.05, 4.69) is 31.1 Å². The van der Waals surface area contributed by atoms with Gasteiger partial charge < -0.3 is 10.6 Å². The molecule has 0 aromatic heterocycles. The Morgan fingerprint density at radius 1 is 1.45 bits per heavy atom. The first-order valence-electron chi connectivity index (χ1n) is 4.39. The van der Waals surface area contributed by atoms with Crippen LogP contribution in [0.4, 0.5) is 0 Å². The second-order valence-electron chi connectivity index (χ2n) is 2.80. The van der Waals surface area contributed by atoms with Gasteiger partial charge in [0.05, 0.1) is 0 Å². The first-order chi connectivity index (χ1) is 5.31. The zero-order valence-electron chi connectivity index (χ0n) is 7.69. The Morgan fingerprint density at radius 2 is 2.18 bits per heavy atom. The Hall–Kier alpha value is -0.500. The maximum Gasteiger partial charge on any atom is 0.0266 e. The van der Waals surface area contributed by atoms with E-state index < -0.39 is 0 Å². The number of hydrogen-bond donors (Lipinski definition) is 2. The maximum absolute atomic E-state index is 3.57. The van der Waals surface area contributed by atoms with E-state index in [4.69, 9.17) is 0 Å². The van der Waals surface area contributed by atoms with E-state index >= 15 is 0 Å². The molecular weight excluding hydrogens is 136 g/mol. The summed E-state index contributed by atoms with van der Waals surface area (Å²) in [4.78, 5) is 0. The predicted molar refractivity (Wildman–Crippen MR) is 50.6 cm³/mol. The predicted octanol–water partition coefficient (Wildman–Crippen LogP) is 1.50. The standard InChI is InChI=1S/C9H20N2/c1-4-6-9(3)11-8-7-10-5-2/h5,9-11H,2,4,6-8H2,1,3H3/t9-/m0/s1. The Labute approximate surface area is 70.1 Å². The molecule has 0 rings (SSSR count). The molecule has 0 spiro atoms. The lowest BCUT2D eigenvalue weighted by Gasteiger charge is -2.11. The molecule has 66 valence electrons. The minimum atomic E-state index is 0.645. The molecule has 0 aromatic rings. The molecule has 2 nitrogen and oxygen atoms in total. The lowest BCUT2D eigenvalue weighted by Crippen LogP contribution is -2.31. The van der Waals surface area contributed by atoms with Crippen molar-refractivity contribution >= 4 is 0 Å². The molecular formula is C9H20N2. The zero-order chi connectivity index (χ0) is 8.53. The fraction of sp³-hybridized carbons (Fsp3) is 0.778. The van der Waals surface area contributed by atoms with E-state index in [1.807, 2.05) is 0 Å². The van der Waals surface area contributed by atoms with Crippen molar-refractivity contribution in [2.75, 3.05) is 13.1 Å². The molecule has 0 aliphatic heterocycles. The van der Waals surface area contributed by atoms with Gasteiger partial charge in [0.25, 0.3) is 0 Å².